The maximum atomic E-state index is 12.1. The molecule has 0 atom stereocenters. The molecule has 2 rings (SSSR count). The van der Waals surface area contributed by atoms with Gasteiger partial charge >= 0.3 is 0 Å². The third-order valence-corrected chi connectivity index (χ3v) is 3.96. The first kappa shape index (κ1) is 13.5. The molecular formula is C12H19N3O2S. The van der Waals surface area contributed by atoms with E-state index < -0.39 is 0 Å². The van der Waals surface area contributed by atoms with E-state index in [4.69, 9.17) is 5.11 Å². The van der Waals surface area contributed by atoms with Crippen LogP contribution in [0.2, 0.25) is 0 Å². The van der Waals surface area contributed by atoms with Crippen molar-refractivity contribution in [1.29, 1.82) is 0 Å². The maximum absolute atomic E-state index is 12.1. The summed E-state index contributed by atoms with van der Waals surface area (Å²) in [4.78, 5) is 20.5. The number of β-amino-alcohol motifs (C(OH)–C–C–N with tert-alkyl or cyclic N) is 1. The highest BCUT2D eigenvalue weighted by atomic mass is 32.1. The summed E-state index contributed by atoms with van der Waals surface area (Å²) in [5.74, 6) is 0.156. The van der Waals surface area contributed by atoms with Crippen LogP contribution in [0.1, 0.15) is 10.7 Å². The predicted molar refractivity (Wildman–Crippen MR) is 70.7 cm³/mol. The summed E-state index contributed by atoms with van der Waals surface area (Å²) in [5, 5.41) is 11.8. The van der Waals surface area contributed by atoms with Gasteiger partial charge in [0.2, 0.25) is 5.91 Å². The summed E-state index contributed by atoms with van der Waals surface area (Å²) in [6.45, 7) is 6.04. The minimum atomic E-state index is 0.156. The molecule has 1 amide bonds. The van der Waals surface area contributed by atoms with Crippen LogP contribution in [0.15, 0.2) is 5.38 Å². The average Bonchev–Trinajstić information content (AvgIpc) is 2.76. The Morgan fingerprint density at radius 2 is 2.17 bits per heavy atom. The zero-order valence-corrected chi connectivity index (χ0v) is 11.4. The van der Waals surface area contributed by atoms with Crippen LogP contribution in [-0.4, -0.2) is 65.1 Å². The van der Waals surface area contributed by atoms with Gasteiger partial charge in [-0.2, -0.15) is 0 Å². The number of piperazine rings is 1. The molecular weight excluding hydrogens is 250 g/mol. The third-order valence-electron chi connectivity index (χ3n) is 3.14. The predicted octanol–water partition coefficient (Wildman–Crippen LogP) is 0.131. The van der Waals surface area contributed by atoms with Crippen molar-refractivity contribution in [1.82, 2.24) is 14.8 Å². The smallest absolute Gasteiger partial charge is 0.228 e. The van der Waals surface area contributed by atoms with Gasteiger partial charge in [-0.1, -0.05) is 0 Å². The van der Waals surface area contributed by atoms with Crippen molar-refractivity contribution in [2.24, 2.45) is 0 Å². The molecule has 0 bridgehead atoms. The van der Waals surface area contributed by atoms with Gasteiger partial charge < -0.3 is 10.0 Å². The molecule has 1 aliphatic rings. The van der Waals surface area contributed by atoms with E-state index >= 15 is 0 Å². The number of thiazole rings is 1. The minimum Gasteiger partial charge on any atom is -0.395 e. The zero-order valence-electron chi connectivity index (χ0n) is 10.6. The lowest BCUT2D eigenvalue weighted by atomic mass is 10.2. The first-order valence-corrected chi connectivity index (χ1v) is 7.09. The number of nitrogens with zero attached hydrogens (tertiary/aromatic N) is 3. The number of carbonyl (C=O) groups is 1. The molecule has 100 valence electrons. The Kier molecular flexibility index (Phi) is 4.68. The van der Waals surface area contributed by atoms with Crippen LogP contribution < -0.4 is 0 Å². The van der Waals surface area contributed by atoms with Crippen LogP contribution in [0, 0.1) is 6.92 Å². The summed E-state index contributed by atoms with van der Waals surface area (Å²) < 4.78 is 0. The highest BCUT2D eigenvalue weighted by Gasteiger charge is 2.21. The Labute approximate surface area is 111 Å². The normalized spacial score (nSPS) is 17.1. The van der Waals surface area contributed by atoms with Gasteiger partial charge in [0, 0.05) is 38.1 Å². The fourth-order valence-corrected chi connectivity index (χ4v) is 2.73. The van der Waals surface area contributed by atoms with Crippen molar-refractivity contribution < 1.29 is 9.90 Å². The SMILES string of the molecule is Cc1nc(CC(=O)N2CCN(CCO)CC2)cs1. The van der Waals surface area contributed by atoms with E-state index in [-0.39, 0.29) is 12.5 Å². The van der Waals surface area contributed by atoms with Gasteiger partial charge in [0.25, 0.3) is 0 Å². The molecule has 1 saturated heterocycles. The second kappa shape index (κ2) is 6.26. The molecule has 1 aliphatic heterocycles. The van der Waals surface area contributed by atoms with Crippen molar-refractivity contribution in [3.05, 3.63) is 16.1 Å². The van der Waals surface area contributed by atoms with Gasteiger partial charge in [0.15, 0.2) is 0 Å². The molecule has 1 aromatic heterocycles. The van der Waals surface area contributed by atoms with Crippen molar-refractivity contribution in [3.8, 4) is 0 Å². The molecule has 0 aliphatic carbocycles. The monoisotopic (exact) mass is 269 g/mol. The molecule has 0 spiro atoms. The van der Waals surface area contributed by atoms with Gasteiger partial charge in [0.1, 0.15) is 0 Å². The van der Waals surface area contributed by atoms with Crippen molar-refractivity contribution >= 4 is 17.2 Å². The number of aromatic nitrogens is 1. The Morgan fingerprint density at radius 3 is 2.72 bits per heavy atom. The zero-order chi connectivity index (χ0) is 13.0. The van der Waals surface area contributed by atoms with Gasteiger partial charge in [-0.3, -0.25) is 9.69 Å². The highest BCUT2D eigenvalue weighted by molar-refractivity contribution is 7.09. The first-order valence-electron chi connectivity index (χ1n) is 6.21. The second-order valence-corrected chi connectivity index (χ2v) is 5.54. The molecule has 0 aromatic carbocycles. The molecule has 1 fully saturated rings. The average molecular weight is 269 g/mol. The number of aliphatic hydroxyl groups excluding tert-OH is 1. The first-order chi connectivity index (χ1) is 8.69. The van der Waals surface area contributed by atoms with Crippen molar-refractivity contribution in [2.75, 3.05) is 39.3 Å². The molecule has 1 aromatic rings. The van der Waals surface area contributed by atoms with Crippen molar-refractivity contribution in [3.63, 3.8) is 0 Å². The van der Waals surface area contributed by atoms with E-state index in [1.807, 2.05) is 17.2 Å². The summed E-state index contributed by atoms with van der Waals surface area (Å²) in [6.07, 6.45) is 0.407. The van der Waals surface area contributed by atoms with Crippen LogP contribution in [0.25, 0.3) is 0 Å². The van der Waals surface area contributed by atoms with Crippen LogP contribution in [0.3, 0.4) is 0 Å². The molecule has 2 heterocycles. The number of hydrogen-bond acceptors (Lipinski definition) is 5. The number of aliphatic hydroxyl groups is 1. The second-order valence-electron chi connectivity index (χ2n) is 4.48. The molecule has 0 radical (unpaired) electrons. The lowest BCUT2D eigenvalue weighted by Gasteiger charge is -2.34. The quantitative estimate of drug-likeness (QED) is 0.844. The van der Waals surface area contributed by atoms with Crippen LogP contribution in [-0.2, 0) is 11.2 Å². The molecule has 6 heteroatoms. The topological polar surface area (TPSA) is 56.7 Å². The van der Waals surface area contributed by atoms with E-state index in [0.717, 1.165) is 36.9 Å². The van der Waals surface area contributed by atoms with E-state index in [1.54, 1.807) is 11.3 Å². The molecule has 1 N–H and O–H groups in total. The van der Waals surface area contributed by atoms with E-state index in [9.17, 15) is 4.79 Å². The number of amides is 1. The molecule has 5 nitrogen and oxygen atoms in total. The fraction of sp³-hybridized carbons (Fsp3) is 0.667. The Bertz CT molecular complexity index is 400. The lowest BCUT2D eigenvalue weighted by Crippen LogP contribution is -2.49. The summed E-state index contributed by atoms with van der Waals surface area (Å²) in [5.41, 5.74) is 0.875. The minimum absolute atomic E-state index is 0.156. The van der Waals surface area contributed by atoms with E-state index in [0.29, 0.717) is 13.0 Å². The summed E-state index contributed by atoms with van der Waals surface area (Å²) in [7, 11) is 0. The van der Waals surface area contributed by atoms with Gasteiger partial charge in [-0.05, 0) is 6.92 Å². The summed E-state index contributed by atoms with van der Waals surface area (Å²) in [6, 6.07) is 0. The highest BCUT2D eigenvalue weighted by Crippen LogP contribution is 2.10. The lowest BCUT2D eigenvalue weighted by molar-refractivity contribution is -0.132. The van der Waals surface area contributed by atoms with Crippen LogP contribution in [0.4, 0.5) is 0 Å². The van der Waals surface area contributed by atoms with Crippen molar-refractivity contribution in [2.45, 2.75) is 13.3 Å². The Morgan fingerprint density at radius 1 is 1.44 bits per heavy atom. The standard InChI is InChI=1S/C12H19N3O2S/c1-10-13-11(9-18-10)8-12(17)15-4-2-14(3-5-15)6-7-16/h9,16H,2-8H2,1H3. The Hall–Kier alpha value is -0.980. The van der Waals surface area contributed by atoms with Gasteiger partial charge in [-0.15, -0.1) is 11.3 Å². The van der Waals surface area contributed by atoms with Crippen LogP contribution >= 0.6 is 11.3 Å². The third kappa shape index (κ3) is 3.51. The Balaban J connectivity index is 1.80. The molecule has 18 heavy (non-hydrogen) atoms. The number of aryl methyl sites for hydroxylation is 1. The van der Waals surface area contributed by atoms with Gasteiger partial charge in [0.05, 0.1) is 23.7 Å². The number of carbonyl (C=O) groups excluding carboxylic acids is 1. The number of hydrogen-bond donors (Lipinski definition) is 1. The fourth-order valence-electron chi connectivity index (χ4n) is 2.12. The maximum Gasteiger partial charge on any atom is 0.228 e. The van der Waals surface area contributed by atoms with Gasteiger partial charge in [-0.25, -0.2) is 4.98 Å². The summed E-state index contributed by atoms with van der Waals surface area (Å²) >= 11 is 1.58. The molecule has 0 saturated carbocycles. The van der Waals surface area contributed by atoms with Crippen LogP contribution in [0.5, 0.6) is 0 Å². The van der Waals surface area contributed by atoms with E-state index in [2.05, 4.69) is 9.88 Å². The largest absolute Gasteiger partial charge is 0.395 e. The molecule has 0 unspecified atom stereocenters. The van der Waals surface area contributed by atoms with E-state index in [1.165, 1.54) is 0 Å². The number of rotatable bonds is 4.